The molecule has 3 aromatic rings. The molecule has 1 fully saturated rings. The molecular formula is C25H24F6N2O3S. The minimum atomic E-state index is -5.02. The summed E-state index contributed by atoms with van der Waals surface area (Å²) < 4.78 is 113. The molecular weight excluding hydrogens is 522 g/mol. The fourth-order valence-corrected chi connectivity index (χ4v) is 5.54. The van der Waals surface area contributed by atoms with Crippen LogP contribution < -0.4 is 5.32 Å². The molecule has 200 valence electrons. The molecule has 0 aliphatic carbocycles. The Kier molecular flexibility index (Phi) is 7.82. The van der Waals surface area contributed by atoms with E-state index in [-0.39, 0.29) is 28.3 Å². The first-order valence-corrected chi connectivity index (χ1v) is 13.0. The van der Waals surface area contributed by atoms with Gasteiger partial charge < -0.3 is 5.32 Å². The first kappa shape index (κ1) is 27.3. The molecule has 12 heteroatoms. The summed E-state index contributed by atoms with van der Waals surface area (Å²) in [6.07, 6.45) is -7.35. The van der Waals surface area contributed by atoms with Crippen molar-refractivity contribution in [3.05, 3.63) is 71.4 Å². The Morgan fingerprint density at radius 3 is 2.32 bits per heavy atom. The SMILES string of the molecule is O=S(=O)(OCC(CC1CCCCN1)c1cc(C(F)(F)F)nc2c(C(F)(F)F)cccc12)c1ccccc1. The van der Waals surface area contributed by atoms with Crippen molar-refractivity contribution in [2.24, 2.45) is 0 Å². The topological polar surface area (TPSA) is 68.3 Å². The lowest BCUT2D eigenvalue weighted by atomic mass is 9.87. The quantitative estimate of drug-likeness (QED) is 0.279. The van der Waals surface area contributed by atoms with Gasteiger partial charge in [0.25, 0.3) is 10.1 Å². The molecule has 2 heterocycles. The maximum atomic E-state index is 13.8. The molecule has 0 spiro atoms. The second-order valence-corrected chi connectivity index (χ2v) is 10.5. The molecule has 0 bridgehead atoms. The van der Waals surface area contributed by atoms with Gasteiger partial charge in [-0.2, -0.15) is 34.8 Å². The molecule has 2 atom stereocenters. The molecule has 0 amide bonds. The van der Waals surface area contributed by atoms with E-state index in [1.165, 1.54) is 30.3 Å². The molecule has 1 aliphatic heterocycles. The van der Waals surface area contributed by atoms with Crippen LogP contribution >= 0.6 is 0 Å². The Morgan fingerprint density at radius 1 is 0.973 bits per heavy atom. The molecule has 2 aromatic carbocycles. The Labute approximate surface area is 210 Å². The predicted molar refractivity (Wildman–Crippen MR) is 124 cm³/mol. The first-order valence-electron chi connectivity index (χ1n) is 11.6. The van der Waals surface area contributed by atoms with E-state index in [1.54, 1.807) is 6.07 Å². The molecule has 1 aliphatic rings. The lowest BCUT2D eigenvalue weighted by Crippen LogP contribution is -2.36. The molecule has 1 N–H and O–H groups in total. The normalized spacial score (nSPS) is 18.2. The van der Waals surface area contributed by atoms with Gasteiger partial charge in [-0.15, -0.1) is 0 Å². The maximum Gasteiger partial charge on any atom is 0.433 e. The molecule has 0 radical (unpaired) electrons. The average molecular weight is 547 g/mol. The number of nitrogens with one attached hydrogen (secondary N) is 1. The number of para-hydroxylation sites is 1. The number of pyridine rings is 1. The van der Waals surface area contributed by atoms with Crippen LogP contribution in [0, 0.1) is 0 Å². The van der Waals surface area contributed by atoms with Crippen LogP contribution in [-0.4, -0.2) is 32.6 Å². The first-order chi connectivity index (χ1) is 17.4. The van der Waals surface area contributed by atoms with Crippen LogP contribution in [0.2, 0.25) is 0 Å². The van der Waals surface area contributed by atoms with E-state index in [4.69, 9.17) is 4.18 Å². The zero-order valence-electron chi connectivity index (χ0n) is 19.4. The third-order valence-corrected chi connectivity index (χ3v) is 7.64. The van der Waals surface area contributed by atoms with Gasteiger partial charge in [-0.25, -0.2) is 4.98 Å². The van der Waals surface area contributed by atoms with Gasteiger partial charge in [0.2, 0.25) is 0 Å². The molecule has 0 saturated carbocycles. The minimum absolute atomic E-state index is 0.0981. The van der Waals surface area contributed by atoms with Gasteiger partial charge in [0.05, 0.1) is 22.6 Å². The summed E-state index contributed by atoms with van der Waals surface area (Å²) in [4.78, 5) is 3.20. The fourth-order valence-electron chi connectivity index (χ4n) is 4.57. The van der Waals surface area contributed by atoms with E-state index in [9.17, 15) is 34.8 Å². The summed E-state index contributed by atoms with van der Waals surface area (Å²) in [6.45, 7) is 0.117. The number of benzene rings is 2. The van der Waals surface area contributed by atoms with E-state index in [0.29, 0.717) is 25.1 Å². The summed E-state index contributed by atoms with van der Waals surface area (Å²) in [6, 6.07) is 10.8. The van der Waals surface area contributed by atoms with Crippen LogP contribution in [0.1, 0.15) is 48.4 Å². The molecule has 1 aromatic heterocycles. The van der Waals surface area contributed by atoms with Crippen molar-refractivity contribution >= 4 is 21.0 Å². The van der Waals surface area contributed by atoms with E-state index in [2.05, 4.69) is 10.3 Å². The number of fused-ring (bicyclic) bond motifs is 1. The monoisotopic (exact) mass is 546 g/mol. The Bertz CT molecular complexity index is 1340. The third kappa shape index (κ3) is 6.42. The van der Waals surface area contributed by atoms with Crippen molar-refractivity contribution in [3.8, 4) is 0 Å². The second kappa shape index (κ2) is 10.6. The standard InChI is InChI=1S/C25H24F6N2O3S/c26-24(27,28)21-11-6-10-19-20(14-22(25(29,30)31)33-23(19)21)16(13-17-7-4-5-12-32-17)15-36-37(34,35)18-8-2-1-3-9-18/h1-3,6,8-11,14,16-17,32H,4-5,7,12-13,15H2. The van der Waals surface area contributed by atoms with Crippen molar-refractivity contribution in [1.29, 1.82) is 0 Å². The van der Waals surface area contributed by atoms with Crippen molar-refractivity contribution in [2.75, 3.05) is 13.2 Å². The average Bonchev–Trinajstić information content (AvgIpc) is 2.85. The van der Waals surface area contributed by atoms with Crippen LogP contribution in [0.3, 0.4) is 0 Å². The summed E-state index contributed by atoms with van der Waals surface area (Å²) >= 11 is 0. The summed E-state index contributed by atoms with van der Waals surface area (Å²) in [5.41, 5.74) is -3.73. The van der Waals surface area contributed by atoms with Gasteiger partial charge in [0, 0.05) is 17.3 Å². The summed E-state index contributed by atoms with van der Waals surface area (Å²) in [5.74, 6) is -0.968. The highest BCUT2D eigenvalue weighted by Crippen LogP contribution is 2.40. The Balaban J connectivity index is 1.83. The minimum Gasteiger partial charge on any atom is -0.314 e. The number of nitrogens with zero attached hydrogens (tertiary/aromatic N) is 1. The predicted octanol–water partition coefficient (Wildman–Crippen LogP) is 6.29. The van der Waals surface area contributed by atoms with E-state index < -0.39 is 51.8 Å². The van der Waals surface area contributed by atoms with Crippen molar-refractivity contribution in [3.63, 3.8) is 0 Å². The Morgan fingerprint density at radius 2 is 1.70 bits per heavy atom. The lowest BCUT2D eigenvalue weighted by molar-refractivity contribution is -0.142. The number of rotatable bonds is 7. The van der Waals surface area contributed by atoms with Gasteiger partial charge in [0.15, 0.2) is 0 Å². The van der Waals surface area contributed by atoms with Gasteiger partial charge in [-0.3, -0.25) is 4.18 Å². The molecule has 1 saturated heterocycles. The zero-order valence-corrected chi connectivity index (χ0v) is 20.3. The van der Waals surface area contributed by atoms with Gasteiger partial charge >= 0.3 is 12.4 Å². The molecule has 5 nitrogen and oxygen atoms in total. The lowest BCUT2D eigenvalue weighted by Gasteiger charge is -2.29. The van der Waals surface area contributed by atoms with Crippen LogP contribution in [0.4, 0.5) is 26.3 Å². The number of halogens is 6. The number of piperidine rings is 1. The van der Waals surface area contributed by atoms with E-state index in [0.717, 1.165) is 18.9 Å². The third-order valence-electron chi connectivity index (χ3n) is 6.34. The van der Waals surface area contributed by atoms with Crippen LogP contribution in [0.5, 0.6) is 0 Å². The molecule has 37 heavy (non-hydrogen) atoms. The maximum absolute atomic E-state index is 13.8. The second-order valence-electron chi connectivity index (χ2n) is 8.93. The van der Waals surface area contributed by atoms with Gasteiger partial charge in [-0.1, -0.05) is 36.8 Å². The molecule has 2 unspecified atom stereocenters. The highest BCUT2D eigenvalue weighted by molar-refractivity contribution is 7.86. The van der Waals surface area contributed by atoms with Crippen molar-refractivity contribution < 1.29 is 38.9 Å². The number of aromatic nitrogens is 1. The summed E-state index contributed by atoms with van der Waals surface area (Å²) in [5, 5.41) is 3.12. The number of hydrogen-bond donors (Lipinski definition) is 1. The van der Waals surface area contributed by atoms with Crippen molar-refractivity contribution in [1.82, 2.24) is 10.3 Å². The number of hydrogen-bond acceptors (Lipinski definition) is 5. The van der Waals surface area contributed by atoms with Crippen LogP contribution in [0.25, 0.3) is 10.9 Å². The van der Waals surface area contributed by atoms with E-state index >= 15 is 0 Å². The van der Waals surface area contributed by atoms with Gasteiger partial charge in [-0.05, 0) is 55.6 Å². The fraction of sp³-hybridized carbons (Fsp3) is 0.400. The number of alkyl halides is 6. The van der Waals surface area contributed by atoms with Gasteiger partial charge in [0.1, 0.15) is 5.69 Å². The van der Waals surface area contributed by atoms with Crippen molar-refractivity contribution in [2.45, 2.75) is 54.9 Å². The Hall–Kier alpha value is -2.70. The van der Waals surface area contributed by atoms with Crippen LogP contribution in [-0.2, 0) is 26.7 Å². The van der Waals surface area contributed by atoms with E-state index in [1.807, 2.05) is 0 Å². The van der Waals surface area contributed by atoms with Crippen LogP contribution in [0.15, 0.2) is 59.5 Å². The summed E-state index contributed by atoms with van der Waals surface area (Å²) in [7, 11) is -4.27. The largest absolute Gasteiger partial charge is 0.433 e. The smallest absolute Gasteiger partial charge is 0.314 e. The highest BCUT2D eigenvalue weighted by Gasteiger charge is 2.38. The molecule has 4 rings (SSSR count). The highest BCUT2D eigenvalue weighted by atomic mass is 32.2. The zero-order chi connectivity index (χ0) is 26.8.